The molecule has 7 aromatic carbocycles. The highest BCUT2D eigenvalue weighted by atomic mass is 15.2. The molecule has 40 heavy (non-hydrogen) atoms. The van der Waals surface area contributed by atoms with Gasteiger partial charge in [0.05, 0.1) is 5.69 Å². The monoisotopic (exact) mass is 514 g/mol. The number of nitrogens with two attached hydrogens (primary N) is 1. The molecule has 0 radical (unpaired) electrons. The first kappa shape index (κ1) is 24.1. The number of fused-ring (bicyclic) bond motifs is 4. The third-order valence-corrected chi connectivity index (χ3v) is 8.21. The lowest BCUT2D eigenvalue weighted by molar-refractivity contribution is 0.987. The molecule has 0 saturated carbocycles. The molecule has 2 nitrogen and oxygen atoms in total. The van der Waals surface area contributed by atoms with Crippen molar-refractivity contribution < 1.29 is 0 Å². The summed E-state index contributed by atoms with van der Waals surface area (Å²) >= 11 is 0. The lowest BCUT2D eigenvalue weighted by Gasteiger charge is -2.24. The molecule has 0 aliphatic carbocycles. The van der Waals surface area contributed by atoms with E-state index in [0.29, 0.717) is 0 Å². The fourth-order valence-electron chi connectivity index (χ4n) is 6.31. The SMILES string of the molecule is Cc1ccc(C(c2cccc(-c3cc4ccccc4c4ccccc34)c2)c2ccccc2NN)c2ccccc12. The summed E-state index contributed by atoms with van der Waals surface area (Å²) in [6.07, 6.45) is 0. The Bertz CT molecular complexity index is 2020. The number of hydrogen-bond donors (Lipinski definition) is 2. The van der Waals surface area contributed by atoms with Crippen molar-refractivity contribution in [1.29, 1.82) is 0 Å². The molecule has 7 rings (SSSR count). The molecule has 0 aliphatic heterocycles. The van der Waals surface area contributed by atoms with Crippen LogP contribution in [-0.4, -0.2) is 0 Å². The molecule has 0 spiro atoms. The Labute approximate surface area is 234 Å². The van der Waals surface area contributed by atoms with E-state index in [9.17, 15) is 0 Å². The van der Waals surface area contributed by atoms with Crippen LogP contribution in [0.1, 0.15) is 28.2 Å². The first-order chi connectivity index (χ1) is 19.7. The van der Waals surface area contributed by atoms with Crippen molar-refractivity contribution in [3.63, 3.8) is 0 Å². The van der Waals surface area contributed by atoms with Crippen molar-refractivity contribution in [2.75, 3.05) is 5.43 Å². The molecule has 0 fully saturated rings. The van der Waals surface area contributed by atoms with Gasteiger partial charge in [0.1, 0.15) is 0 Å². The van der Waals surface area contributed by atoms with Crippen molar-refractivity contribution in [2.24, 2.45) is 5.84 Å². The average Bonchev–Trinajstić information content (AvgIpc) is 3.02. The van der Waals surface area contributed by atoms with Crippen molar-refractivity contribution >= 4 is 38.0 Å². The quantitative estimate of drug-likeness (QED) is 0.104. The number of hydrazine groups is 1. The predicted molar refractivity (Wildman–Crippen MR) is 171 cm³/mol. The first-order valence-corrected chi connectivity index (χ1v) is 13.8. The minimum absolute atomic E-state index is 0.00980. The summed E-state index contributed by atoms with van der Waals surface area (Å²) < 4.78 is 0. The van der Waals surface area contributed by atoms with E-state index in [0.717, 1.165) is 11.3 Å². The lowest BCUT2D eigenvalue weighted by Crippen LogP contribution is -2.13. The van der Waals surface area contributed by atoms with E-state index in [2.05, 4.69) is 146 Å². The summed E-state index contributed by atoms with van der Waals surface area (Å²) in [5.74, 6) is 6.06. The zero-order chi connectivity index (χ0) is 27.1. The van der Waals surface area contributed by atoms with Crippen LogP contribution in [-0.2, 0) is 0 Å². The van der Waals surface area contributed by atoms with Crippen LogP contribution in [0.2, 0.25) is 0 Å². The van der Waals surface area contributed by atoms with Crippen LogP contribution in [0.5, 0.6) is 0 Å². The van der Waals surface area contributed by atoms with E-state index in [1.165, 1.54) is 60.1 Å². The minimum Gasteiger partial charge on any atom is -0.324 e. The summed E-state index contributed by atoms with van der Waals surface area (Å²) in [6.45, 7) is 2.18. The highest BCUT2D eigenvalue weighted by Gasteiger charge is 2.23. The normalized spacial score (nSPS) is 12.2. The molecule has 0 amide bonds. The van der Waals surface area contributed by atoms with Gasteiger partial charge < -0.3 is 5.43 Å². The van der Waals surface area contributed by atoms with Gasteiger partial charge >= 0.3 is 0 Å². The van der Waals surface area contributed by atoms with Crippen molar-refractivity contribution in [3.05, 3.63) is 162 Å². The van der Waals surface area contributed by atoms with Crippen molar-refractivity contribution in [3.8, 4) is 11.1 Å². The molecule has 3 N–H and O–H groups in total. The second kappa shape index (κ2) is 10.00. The number of aryl methyl sites for hydroxylation is 1. The average molecular weight is 515 g/mol. The summed E-state index contributed by atoms with van der Waals surface area (Å²) in [4.78, 5) is 0. The molecule has 1 atom stereocenters. The smallest absolute Gasteiger partial charge is 0.0526 e. The molecular formula is C38H30N2. The fraction of sp³-hybridized carbons (Fsp3) is 0.0526. The van der Waals surface area contributed by atoms with E-state index in [4.69, 9.17) is 5.84 Å². The number of hydrogen-bond acceptors (Lipinski definition) is 2. The Kier molecular flexibility index (Phi) is 6.03. The molecule has 1 unspecified atom stereocenters. The molecule has 0 aliphatic rings. The highest BCUT2D eigenvalue weighted by molar-refractivity contribution is 6.13. The molecule has 192 valence electrons. The predicted octanol–water partition coefficient (Wildman–Crippen LogP) is 9.59. The Morgan fingerprint density at radius 1 is 0.525 bits per heavy atom. The maximum Gasteiger partial charge on any atom is 0.0526 e. The van der Waals surface area contributed by atoms with Crippen LogP contribution in [0.4, 0.5) is 5.69 Å². The third kappa shape index (κ3) is 4.02. The Balaban J connectivity index is 1.50. The highest BCUT2D eigenvalue weighted by Crippen LogP contribution is 2.42. The standard InChI is InChI=1S/C38H30N2/c1-25-21-22-34(31-16-5-4-14-29(25)31)38(35-19-8-9-20-37(35)40-39)28-13-10-12-26(23-28)36-24-27-11-2-3-15-30(27)32-17-6-7-18-33(32)36/h2-24,38,40H,39H2,1H3. The zero-order valence-electron chi connectivity index (χ0n) is 22.4. The number of rotatable bonds is 5. The maximum atomic E-state index is 6.07. The zero-order valence-corrected chi connectivity index (χ0v) is 22.4. The summed E-state index contributed by atoms with van der Waals surface area (Å²) in [6, 6.07) is 50.4. The Morgan fingerprint density at radius 3 is 2.02 bits per heavy atom. The van der Waals surface area contributed by atoms with Gasteiger partial charge in [-0.3, -0.25) is 5.84 Å². The van der Waals surface area contributed by atoms with Gasteiger partial charge in [-0.1, -0.05) is 127 Å². The van der Waals surface area contributed by atoms with E-state index < -0.39 is 0 Å². The number of para-hydroxylation sites is 1. The number of benzene rings is 7. The van der Waals surface area contributed by atoms with Gasteiger partial charge in [-0.15, -0.1) is 0 Å². The second-order valence-corrected chi connectivity index (χ2v) is 10.5. The summed E-state index contributed by atoms with van der Waals surface area (Å²) in [5.41, 5.74) is 11.3. The number of nitrogens with one attached hydrogen (secondary N) is 1. The third-order valence-electron chi connectivity index (χ3n) is 8.21. The van der Waals surface area contributed by atoms with Crippen LogP contribution in [0.3, 0.4) is 0 Å². The Morgan fingerprint density at radius 2 is 1.20 bits per heavy atom. The van der Waals surface area contributed by atoms with Crippen molar-refractivity contribution in [1.82, 2.24) is 0 Å². The molecule has 7 aromatic rings. The van der Waals surface area contributed by atoms with E-state index in [1.54, 1.807) is 0 Å². The van der Waals surface area contributed by atoms with Gasteiger partial charge in [0.15, 0.2) is 0 Å². The first-order valence-electron chi connectivity index (χ1n) is 13.8. The lowest BCUT2D eigenvalue weighted by atomic mass is 9.80. The number of nitrogen functional groups attached to an aromatic ring is 1. The van der Waals surface area contributed by atoms with Gasteiger partial charge in [-0.05, 0) is 84.8 Å². The van der Waals surface area contributed by atoms with Gasteiger partial charge in [-0.25, -0.2) is 0 Å². The molecular weight excluding hydrogens is 484 g/mol. The van der Waals surface area contributed by atoms with E-state index in [-0.39, 0.29) is 5.92 Å². The number of anilines is 1. The van der Waals surface area contributed by atoms with Crippen molar-refractivity contribution in [2.45, 2.75) is 12.8 Å². The Hall–Kier alpha value is -4.92. The molecule has 0 saturated heterocycles. The van der Waals surface area contributed by atoms with Gasteiger partial charge in [-0.2, -0.15) is 0 Å². The summed E-state index contributed by atoms with van der Waals surface area (Å²) in [5, 5.41) is 7.62. The van der Waals surface area contributed by atoms with Gasteiger partial charge in [0, 0.05) is 5.92 Å². The molecule has 0 aromatic heterocycles. The molecule has 2 heteroatoms. The van der Waals surface area contributed by atoms with Crippen LogP contribution in [0.15, 0.2) is 140 Å². The van der Waals surface area contributed by atoms with Crippen LogP contribution < -0.4 is 11.3 Å². The van der Waals surface area contributed by atoms with Gasteiger partial charge in [0.25, 0.3) is 0 Å². The largest absolute Gasteiger partial charge is 0.324 e. The van der Waals surface area contributed by atoms with Crippen LogP contribution in [0, 0.1) is 6.92 Å². The van der Waals surface area contributed by atoms with E-state index in [1.807, 2.05) is 6.07 Å². The maximum absolute atomic E-state index is 6.07. The second-order valence-electron chi connectivity index (χ2n) is 10.5. The minimum atomic E-state index is -0.00980. The molecule has 0 bridgehead atoms. The molecule has 0 heterocycles. The summed E-state index contributed by atoms with van der Waals surface area (Å²) in [7, 11) is 0. The fourth-order valence-corrected chi connectivity index (χ4v) is 6.31. The van der Waals surface area contributed by atoms with E-state index >= 15 is 0 Å². The van der Waals surface area contributed by atoms with Crippen LogP contribution >= 0.6 is 0 Å². The topological polar surface area (TPSA) is 38.0 Å². The van der Waals surface area contributed by atoms with Gasteiger partial charge in [0.2, 0.25) is 0 Å². The van der Waals surface area contributed by atoms with Crippen LogP contribution in [0.25, 0.3) is 43.4 Å².